The lowest BCUT2D eigenvalue weighted by Gasteiger charge is -2.26. The SMILES string of the molecule is Cc1cc(C)c(S(=O)(=O)O)c(C)c1Nc1ccc(Nc2c(C)cc(C)c(S(=O)(=O)O)c2C)c2c1C(=O)c1ccccc1C2=O.N.N. The molecule has 10 N–H and O–H groups in total. The van der Waals surface area contributed by atoms with Crippen LogP contribution in [-0.4, -0.2) is 37.5 Å². The molecule has 14 heteroatoms. The Kier molecular flexibility index (Phi) is 9.71. The molecule has 0 spiro atoms. The maximum atomic E-state index is 14.0. The van der Waals surface area contributed by atoms with Crippen molar-refractivity contribution in [3.8, 4) is 0 Å². The minimum Gasteiger partial charge on any atom is -0.354 e. The van der Waals surface area contributed by atoms with E-state index >= 15 is 0 Å². The number of nitrogens with one attached hydrogen (secondary N) is 2. The van der Waals surface area contributed by atoms with E-state index in [0.717, 1.165) is 0 Å². The van der Waals surface area contributed by atoms with E-state index in [1.165, 1.54) is 13.8 Å². The van der Waals surface area contributed by atoms with Crippen molar-refractivity contribution in [1.29, 1.82) is 0 Å². The highest BCUT2D eigenvalue weighted by molar-refractivity contribution is 7.86. The second-order valence-electron chi connectivity index (χ2n) is 11.0. The number of carbonyl (C=O) groups excluding carboxylic acids is 2. The largest absolute Gasteiger partial charge is 0.354 e. The van der Waals surface area contributed by atoms with E-state index in [9.17, 15) is 35.5 Å². The number of rotatable bonds is 6. The molecule has 244 valence electrons. The van der Waals surface area contributed by atoms with Crippen LogP contribution in [0.4, 0.5) is 22.7 Å². The van der Waals surface area contributed by atoms with Crippen LogP contribution in [0.25, 0.3) is 0 Å². The van der Waals surface area contributed by atoms with E-state index in [-0.39, 0.29) is 66.8 Å². The second-order valence-corrected chi connectivity index (χ2v) is 13.7. The summed E-state index contributed by atoms with van der Waals surface area (Å²) in [6.07, 6.45) is 0. The average molecular weight is 669 g/mol. The molecule has 0 saturated heterocycles. The van der Waals surface area contributed by atoms with Crippen LogP contribution in [0.3, 0.4) is 0 Å². The Morgan fingerprint density at radius 2 is 0.870 bits per heavy atom. The molecule has 0 saturated carbocycles. The van der Waals surface area contributed by atoms with Crippen molar-refractivity contribution in [3.63, 3.8) is 0 Å². The number of fused-ring (bicyclic) bond motifs is 2. The fourth-order valence-electron chi connectivity index (χ4n) is 6.21. The van der Waals surface area contributed by atoms with Crippen LogP contribution in [0.2, 0.25) is 0 Å². The van der Waals surface area contributed by atoms with Crippen LogP contribution < -0.4 is 22.9 Å². The highest BCUT2D eigenvalue weighted by atomic mass is 32.2. The number of aryl methyl sites for hydroxylation is 4. The molecular weight excluding hydrogens is 633 g/mol. The predicted octanol–water partition coefficient (Wildman–Crippen LogP) is 6.62. The highest BCUT2D eigenvalue weighted by Crippen LogP contribution is 2.42. The monoisotopic (exact) mass is 668 g/mol. The maximum Gasteiger partial charge on any atom is 0.295 e. The van der Waals surface area contributed by atoms with Gasteiger partial charge < -0.3 is 22.9 Å². The molecule has 12 nitrogen and oxygen atoms in total. The molecule has 0 aromatic heterocycles. The predicted molar refractivity (Wildman–Crippen MR) is 177 cm³/mol. The summed E-state index contributed by atoms with van der Waals surface area (Å²) in [5.41, 5.74) is 4.04. The fraction of sp³-hybridized carbons (Fsp3) is 0.188. The van der Waals surface area contributed by atoms with Crippen LogP contribution in [0.1, 0.15) is 65.2 Å². The third kappa shape index (κ3) is 5.93. The third-order valence-electron chi connectivity index (χ3n) is 7.91. The number of carbonyl (C=O) groups is 2. The Bertz CT molecular complexity index is 2020. The molecule has 1 aliphatic carbocycles. The van der Waals surface area contributed by atoms with Gasteiger partial charge >= 0.3 is 0 Å². The van der Waals surface area contributed by atoms with Gasteiger partial charge in [0.25, 0.3) is 20.2 Å². The van der Waals surface area contributed by atoms with Gasteiger partial charge in [-0.05, 0) is 87.1 Å². The van der Waals surface area contributed by atoms with Gasteiger partial charge in [0, 0.05) is 22.5 Å². The first-order valence-electron chi connectivity index (χ1n) is 13.5. The van der Waals surface area contributed by atoms with Gasteiger partial charge in [-0.3, -0.25) is 18.7 Å². The number of benzene rings is 4. The Morgan fingerprint density at radius 3 is 1.17 bits per heavy atom. The van der Waals surface area contributed by atoms with Gasteiger partial charge in [0.05, 0.1) is 22.5 Å². The molecule has 1 aliphatic rings. The van der Waals surface area contributed by atoms with Crippen molar-refractivity contribution in [2.75, 3.05) is 10.6 Å². The average Bonchev–Trinajstić information content (AvgIpc) is 2.90. The van der Waals surface area contributed by atoms with E-state index in [1.807, 2.05) is 0 Å². The molecule has 0 radical (unpaired) electrons. The minimum atomic E-state index is -4.57. The Balaban J connectivity index is 0.00000288. The van der Waals surface area contributed by atoms with Crippen LogP contribution >= 0.6 is 0 Å². The van der Waals surface area contributed by atoms with Gasteiger partial charge in [-0.25, -0.2) is 0 Å². The zero-order valence-corrected chi connectivity index (χ0v) is 27.8. The van der Waals surface area contributed by atoms with Crippen LogP contribution in [-0.2, 0) is 20.2 Å². The molecule has 0 heterocycles. The summed E-state index contributed by atoms with van der Waals surface area (Å²) in [7, 11) is -9.14. The fourth-order valence-corrected chi connectivity index (χ4v) is 8.12. The van der Waals surface area contributed by atoms with Crippen LogP contribution in [0, 0.1) is 41.5 Å². The first kappa shape index (κ1) is 36.0. The minimum absolute atomic E-state index is 0. The van der Waals surface area contributed by atoms with E-state index in [4.69, 9.17) is 0 Å². The van der Waals surface area contributed by atoms with Crippen molar-refractivity contribution in [2.45, 2.75) is 51.3 Å². The molecule has 0 bridgehead atoms. The van der Waals surface area contributed by atoms with E-state index in [0.29, 0.717) is 33.6 Å². The highest BCUT2D eigenvalue weighted by Gasteiger charge is 2.35. The van der Waals surface area contributed by atoms with Crippen molar-refractivity contribution < 1.29 is 35.5 Å². The van der Waals surface area contributed by atoms with Gasteiger partial charge in [-0.2, -0.15) is 16.8 Å². The van der Waals surface area contributed by atoms with Crippen molar-refractivity contribution in [2.24, 2.45) is 0 Å². The number of hydrogen-bond acceptors (Lipinski definition) is 10. The topological polar surface area (TPSA) is 237 Å². The summed E-state index contributed by atoms with van der Waals surface area (Å²) < 4.78 is 68.6. The summed E-state index contributed by atoms with van der Waals surface area (Å²) in [6, 6.07) is 12.7. The van der Waals surface area contributed by atoms with Gasteiger partial charge in [0.15, 0.2) is 11.6 Å². The molecule has 0 amide bonds. The summed E-state index contributed by atoms with van der Waals surface area (Å²) >= 11 is 0. The number of ketones is 2. The Hall–Kier alpha value is -4.44. The lowest BCUT2D eigenvalue weighted by Crippen LogP contribution is -2.24. The Labute approximate surface area is 267 Å². The van der Waals surface area contributed by atoms with E-state index in [2.05, 4.69) is 10.6 Å². The van der Waals surface area contributed by atoms with E-state index < -0.39 is 31.8 Å². The summed E-state index contributed by atoms with van der Waals surface area (Å²) in [6.45, 7) is 9.69. The van der Waals surface area contributed by atoms with Gasteiger partial charge in [0.1, 0.15) is 9.79 Å². The standard InChI is InChI=1S/C32H30N2O8S2.2H3N/c1-15-13-17(3)31(43(37,38)39)19(5)27(15)33-23-11-12-24(26-25(23)29(35)21-9-7-8-10-22(21)30(26)36)34-28-16(2)14-18(4)32(20(28)6)44(40,41)42;;/h7-14,33-34H,1-6H3,(H,37,38,39)(H,40,41,42);2*1H3. The van der Waals surface area contributed by atoms with E-state index in [1.54, 1.807) is 76.2 Å². The second kappa shape index (κ2) is 12.4. The molecule has 0 atom stereocenters. The Morgan fingerprint density at radius 1 is 0.543 bits per heavy atom. The van der Waals surface area contributed by atoms with Crippen molar-refractivity contribution in [1.82, 2.24) is 12.3 Å². The molecule has 4 aromatic carbocycles. The molecular formula is C32H36N4O8S2. The summed E-state index contributed by atoms with van der Waals surface area (Å²) in [5.74, 6) is -0.899. The first-order chi connectivity index (χ1) is 20.4. The van der Waals surface area contributed by atoms with Crippen LogP contribution in [0.5, 0.6) is 0 Å². The summed E-state index contributed by atoms with van der Waals surface area (Å²) in [5, 5.41) is 6.30. The molecule has 0 aliphatic heterocycles. The lowest BCUT2D eigenvalue weighted by molar-refractivity contribution is 0.0980. The first-order valence-corrected chi connectivity index (χ1v) is 16.4. The number of anilines is 4. The summed E-state index contributed by atoms with van der Waals surface area (Å²) in [4.78, 5) is 27.5. The van der Waals surface area contributed by atoms with Crippen molar-refractivity contribution in [3.05, 3.63) is 104 Å². The van der Waals surface area contributed by atoms with Crippen LogP contribution in [0.15, 0.2) is 58.3 Å². The zero-order valence-electron chi connectivity index (χ0n) is 26.2. The van der Waals surface area contributed by atoms with Gasteiger partial charge in [-0.15, -0.1) is 0 Å². The van der Waals surface area contributed by atoms with Gasteiger partial charge in [-0.1, -0.05) is 36.4 Å². The van der Waals surface area contributed by atoms with Gasteiger partial charge in [0.2, 0.25) is 0 Å². The normalized spacial score (nSPS) is 12.4. The molecule has 46 heavy (non-hydrogen) atoms. The lowest BCUT2D eigenvalue weighted by atomic mass is 9.82. The number of hydrogen-bond donors (Lipinski definition) is 6. The third-order valence-corrected chi connectivity index (χ3v) is 10.2. The molecule has 0 unspecified atom stereocenters. The molecule has 5 rings (SSSR count). The smallest absolute Gasteiger partial charge is 0.295 e. The molecule has 0 fully saturated rings. The quantitative estimate of drug-likeness (QED) is 0.105. The van der Waals surface area contributed by atoms with Crippen molar-refractivity contribution >= 4 is 54.6 Å². The zero-order chi connectivity index (χ0) is 32.5. The maximum absolute atomic E-state index is 14.0. The molecule has 4 aromatic rings.